The average Bonchev–Trinajstić information content (AvgIpc) is 2.63. The summed E-state index contributed by atoms with van der Waals surface area (Å²) in [7, 11) is 0. The fourth-order valence-corrected chi connectivity index (χ4v) is 3.17. The fraction of sp³-hybridized carbons (Fsp3) is 0.286. The Balaban J connectivity index is 2.33. The highest BCUT2D eigenvalue weighted by molar-refractivity contribution is 6.30. The predicted octanol–water partition coefficient (Wildman–Crippen LogP) is 4.05. The number of carbonyl (C=O) groups is 3. The summed E-state index contributed by atoms with van der Waals surface area (Å²) in [5.41, 5.74) is 1.90. The van der Waals surface area contributed by atoms with Gasteiger partial charge in [0.2, 0.25) is 5.91 Å². The smallest absolute Gasteiger partial charge is 0.304 e. The highest BCUT2D eigenvalue weighted by Crippen LogP contribution is 2.33. The lowest BCUT2D eigenvalue weighted by molar-refractivity contribution is -0.137. The van der Waals surface area contributed by atoms with Gasteiger partial charge in [-0.05, 0) is 35.7 Å². The molecule has 27 heavy (non-hydrogen) atoms. The van der Waals surface area contributed by atoms with Gasteiger partial charge in [0.25, 0.3) is 0 Å². The topological polar surface area (TPSA) is 83.5 Å². The normalized spacial score (nSPS) is 11.6. The molecule has 0 saturated heterocycles. The van der Waals surface area contributed by atoms with Crippen LogP contribution in [0.5, 0.6) is 0 Å². The highest BCUT2D eigenvalue weighted by Gasteiger charge is 2.23. The summed E-state index contributed by atoms with van der Waals surface area (Å²) in [6.45, 7) is 1.84. The van der Waals surface area contributed by atoms with E-state index in [4.69, 9.17) is 11.6 Å². The van der Waals surface area contributed by atoms with Crippen LogP contribution in [0.1, 0.15) is 53.6 Å². The van der Waals surface area contributed by atoms with E-state index < -0.39 is 11.9 Å². The summed E-state index contributed by atoms with van der Waals surface area (Å²) >= 11 is 6.15. The minimum atomic E-state index is -0.951. The van der Waals surface area contributed by atoms with E-state index >= 15 is 0 Å². The van der Waals surface area contributed by atoms with Gasteiger partial charge >= 0.3 is 5.97 Å². The standard InChI is InChI=1S/C21H22ClNO4/c1-14(24)23-11-5-8-20(25)17-10-9-16(22)12-19(17)18(13-21(26)27)15-6-3-2-4-7-15/h2-4,6-7,9-10,12,18H,5,8,11,13H2,1H3,(H,23,24)(H,26,27). The van der Waals surface area contributed by atoms with E-state index in [2.05, 4.69) is 5.32 Å². The number of halogens is 1. The lowest BCUT2D eigenvalue weighted by Crippen LogP contribution is -2.21. The molecule has 0 aliphatic carbocycles. The molecule has 1 unspecified atom stereocenters. The molecule has 2 N–H and O–H groups in total. The van der Waals surface area contributed by atoms with E-state index in [0.29, 0.717) is 29.1 Å². The molecule has 142 valence electrons. The third-order valence-corrected chi connectivity index (χ3v) is 4.46. The van der Waals surface area contributed by atoms with Gasteiger partial charge in [-0.2, -0.15) is 0 Å². The summed E-state index contributed by atoms with van der Waals surface area (Å²) in [5.74, 6) is -1.66. The number of aliphatic carboxylic acids is 1. The maximum Gasteiger partial charge on any atom is 0.304 e. The first-order valence-corrected chi connectivity index (χ1v) is 9.10. The molecule has 6 heteroatoms. The van der Waals surface area contributed by atoms with Crippen LogP contribution in [0.4, 0.5) is 0 Å². The number of ketones is 1. The Morgan fingerprint density at radius 1 is 1.11 bits per heavy atom. The number of amides is 1. The van der Waals surface area contributed by atoms with Crippen LogP contribution in [0.2, 0.25) is 5.02 Å². The van der Waals surface area contributed by atoms with Gasteiger partial charge in [0.1, 0.15) is 0 Å². The lowest BCUT2D eigenvalue weighted by atomic mass is 9.84. The maximum atomic E-state index is 12.7. The van der Waals surface area contributed by atoms with E-state index in [1.165, 1.54) is 6.92 Å². The van der Waals surface area contributed by atoms with Crippen LogP contribution in [-0.2, 0) is 9.59 Å². The zero-order valence-corrected chi connectivity index (χ0v) is 15.8. The molecule has 0 bridgehead atoms. The minimum absolute atomic E-state index is 0.0988. The first-order valence-electron chi connectivity index (χ1n) is 8.72. The van der Waals surface area contributed by atoms with E-state index in [9.17, 15) is 19.5 Å². The van der Waals surface area contributed by atoms with Gasteiger partial charge in [0.05, 0.1) is 6.42 Å². The van der Waals surface area contributed by atoms with Gasteiger partial charge in [-0.3, -0.25) is 14.4 Å². The average molecular weight is 388 g/mol. The number of benzene rings is 2. The molecule has 2 rings (SSSR count). The van der Waals surface area contributed by atoms with Crippen molar-refractivity contribution in [1.29, 1.82) is 0 Å². The van der Waals surface area contributed by atoms with Crippen molar-refractivity contribution in [3.8, 4) is 0 Å². The number of carboxylic acids is 1. The van der Waals surface area contributed by atoms with Crippen molar-refractivity contribution in [2.45, 2.75) is 32.1 Å². The quantitative estimate of drug-likeness (QED) is 0.502. The minimum Gasteiger partial charge on any atom is -0.481 e. The second-order valence-corrected chi connectivity index (χ2v) is 6.74. The monoisotopic (exact) mass is 387 g/mol. The summed E-state index contributed by atoms with van der Waals surface area (Å²) in [6, 6.07) is 14.2. The molecule has 0 radical (unpaired) electrons. The maximum absolute atomic E-state index is 12.7. The molecule has 0 aliphatic heterocycles. The Hall–Kier alpha value is -2.66. The fourth-order valence-electron chi connectivity index (χ4n) is 2.99. The molecule has 1 amide bonds. The molecule has 0 spiro atoms. The predicted molar refractivity (Wildman–Crippen MR) is 104 cm³/mol. The molecule has 0 aliphatic rings. The largest absolute Gasteiger partial charge is 0.481 e. The van der Waals surface area contributed by atoms with Crippen LogP contribution in [0.3, 0.4) is 0 Å². The first-order chi connectivity index (χ1) is 12.9. The number of Topliss-reactive ketones (excluding diaryl/α,β-unsaturated/α-hetero) is 1. The van der Waals surface area contributed by atoms with Crippen molar-refractivity contribution < 1.29 is 19.5 Å². The van der Waals surface area contributed by atoms with Crippen LogP contribution < -0.4 is 5.32 Å². The summed E-state index contributed by atoms with van der Waals surface area (Å²) < 4.78 is 0. The number of carbonyl (C=O) groups excluding carboxylic acids is 2. The van der Waals surface area contributed by atoms with E-state index in [1.54, 1.807) is 18.2 Å². The van der Waals surface area contributed by atoms with Gasteiger partial charge in [0, 0.05) is 36.4 Å². The van der Waals surface area contributed by atoms with E-state index in [-0.39, 0.29) is 24.5 Å². The van der Waals surface area contributed by atoms with Crippen LogP contribution in [0, 0.1) is 0 Å². The van der Waals surface area contributed by atoms with Crippen LogP contribution in [0.15, 0.2) is 48.5 Å². The molecule has 2 aromatic rings. The first kappa shape index (κ1) is 20.6. The van der Waals surface area contributed by atoms with Crippen molar-refractivity contribution in [1.82, 2.24) is 5.32 Å². The van der Waals surface area contributed by atoms with Crippen LogP contribution in [-0.4, -0.2) is 29.3 Å². The van der Waals surface area contributed by atoms with Crippen molar-refractivity contribution in [3.05, 3.63) is 70.2 Å². The Bertz CT molecular complexity index is 820. The van der Waals surface area contributed by atoms with Gasteiger partial charge in [0.15, 0.2) is 5.78 Å². The Labute approximate surface area is 163 Å². The highest BCUT2D eigenvalue weighted by atomic mass is 35.5. The molecule has 5 nitrogen and oxygen atoms in total. The molecular weight excluding hydrogens is 366 g/mol. The number of hydrogen-bond donors (Lipinski definition) is 2. The van der Waals surface area contributed by atoms with Crippen molar-refractivity contribution in [2.24, 2.45) is 0 Å². The summed E-state index contributed by atoms with van der Waals surface area (Å²) in [4.78, 5) is 35.1. The molecular formula is C21H22ClNO4. The second-order valence-electron chi connectivity index (χ2n) is 6.30. The van der Waals surface area contributed by atoms with E-state index in [1.807, 2.05) is 30.3 Å². The molecule has 0 saturated carbocycles. The van der Waals surface area contributed by atoms with Gasteiger partial charge in [-0.1, -0.05) is 41.9 Å². The number of carboxylic acid groups (broad SMARTS) is 1. The van der Waals surface area contributed by atoms with Crippen molar-refractivity contribution in [3.63, 3.8) is 0 Å². The molecule has 0 heterocycles. The van der Waals surface area contributed by atoms with Crippen LogP contribution in [0.25, 0.3) is 0 Å². The lowest BCUT2D eigenvalue weighted by Gasteiger charge is -2.20. The number of hydrogen-bond acceptors (Lipinski definition) is 3. The SMILES string of the molecule is CC(=O)NCCCC(=O)c1ccc(Cl)cc1C(CC(=O)O)c1ccccc1. The number of rotatable bonds is 9. The van der Waals surface area contributed by atoms with Crippen molar-refractivity contribution >= 4 is 29.3 Å². The van der Waals surface area contributed by atoms with Gasteiger partial charge in [-0.15, -0.1) is 0 Å². The Morgan fingerprint density at radius 3 is 2.44 bits per heavy atom. The third-order valence-electron chi connectivity index (χ3n) is 4.22. The van der Waals surface area contributed by atoms with Gasteiger partial charge < -0.3 is 10.4 Å². The zero-order valence-electron chi connectivity index (χ0n) is 15.1. The molecule has 2 aromatic carbocycles. The molecule has 0 fully saturated rings. The van der Waals surface area contributed by atoms with Crippen molar-refractivity contribution in [2.75, 3.05) is 6.54 Å². The Morgan fingerprint density at radius 2 is 1.81 bits per heavy atom. The Kier molecular flexibility index (Phi) is 7.55. The molecule has 1 atom stereocenters. The molecule has 0 aromatic heterocycles. The summed E-state index contributed by atoms with van der Waals surface area (Å²) in [6.07, 6.45) is 0.620. The number of nitrogens with one attached hydrogen (secondary N) is 1. The third kappa shape index (κ3) is 6.22. The van der Waals surface area contributed by atoms with Gasteiger partial charge in [-0.25, -0.2) is 0 Å². The summed E-state index contributed by atoms with van der Waals surface area (Å²) in [5, 5.41) is 12.5. The van der Waals surface area contributed by atoms with Crippen LogP contribution >= 0.6 is 11.6 Å². The van der Waals surface area contributed by atoms with E-state index in [0.717, 1.165) is 5.56 Å². The second kappa shape index (κ2) is 9.88. The zero-order chi connectivity index (χ0) is 19.8.